The fraction of sp³-hybridized carbons (Fsp3) is 0.125. The van der Waals surface area contributed by atoms with Crippen LogP contribution in [0.1, 0.15) is 20.7 Å². The molecule has 0 unspecified atom stereocenters. The van der Waals surface area contributed by atoms with Crippen LogP contribution in [0.3, 0.4) is 0 Å². The van der Waals surface area contributed by atoms with E-state index in [1.807, 2.05) is 0 Å². The Hall–Kier alpha value is -2.94. The zero-order valence-electron chi connectivity index (χ0n) is 13.1. The van der Waals surface area contributed by atoms with Gasteiger partial charge in [-0.25, -0.2) is 9.59 Å². The van der Waals surface area contributed by atoms with Gasteiger partial charge in [0.15, 0.2) is 0 Å². The molecule has 7 nitrogen and oxygen atoms in total. The lowest BCUT2D eigenvalue weighted by Gasteiger charge is -2.09. The van der Waals surface area contributed by atoms with E-state index in [0.29, 0.717) is 4.90 Å². The minimum Gasteiger partial charge on any atom is -0.465 e. The molecule has 0 aliphatic rings. The number of halogens is 1. The second-order valence-corrected chi connectivity index (χ2v) is 5.70. The number of hydrogen-bond acceptors (Lipinski definition) is 7. The van der Waals surface area contributed by atoms with Gasteiger partial charge in [0.1, 0.15) is 5.56 Å². The molecule has 25 heavy (non-hydrogen) atoms. The van der Waals surface area contributed by atoms with E-state index in [0.717, 1.165) is 24.9 Å². The Balaban J connectivity index is 2.55. The van der Waals surface area contributed by atoms with Crippen LogP contribution < -0.4 is 0 Å². The molecular formula is C16H12FNO6S. The van der Waals surface area contributed by atoms with Crippen molar-refractivity contribution < 1.29 is 28.4 Å². The molecule has 2 rings (SSSR count). The molecule has 0 heterocycles. The molecule has 0 aliphatic heterocycles. The molecule has 0 atom stereocenters. The molecule has 2 aromatic rings. The second kappa shape index (κ2) is 7.75. The van der Waals surface area contributed by atoms with Gasteiger partial charge in [-0.1, -0.05) is 23.9 Å². The van der Waals surface area contributed by atoms with Crippen LogP contribution >= 0.6 is 11.8 Å². The summed E-state index contributed by atoms with van der Waals surface area (Å²) in [6, 6.07) is 8.58. The summed E-state index contributed by atoms with van der Waals surface area (Å²) in [6.07, 6.45) is 0. The highest BCUT2D eigenvalue weighted by Gasteiger charge is 2.28. The maximum atomic E-state index is 14.4. The maximum absolute atomic E-state index is 14.4. The van der Waals surface area contributed by atoms with E-state index in [2.05, 4.69) is 9.47 Å². The van der Waals surface area contributed by atoms with E-state index in [9.17, 15) is 24.1 Å². The molecule has 0 spiro atoms. The summed E-state index contributed by atoms with van der Waals surface area (Å²) in [6.45, 7) is 0. The van der Waals surface area contributed by atoms with Gasteiger partial charge in [-0.15, -0.1) is 0 Å². The average Bonchev–Trinajstić information content (AvgIpc) is 2.60. The van der Waals surface area contributed by atoms with Gasteiger partial charge < -0.3 is 9.47 Å². The van der Waals surface area contributed by atoms with Crippen LogP contribution in [-0.4, -0.2) is 31.1 Å². The Kier molecular flexibility index (Phi) is 5.71. The maximum Gasteiger partial charge on any atom is 0.341 e. The predicted molar refractivity (Wildman–Crippen MR) is 86.3 cm³/mol. The Bertz CT molecular complexity index is 855. The van der Waals surface area contributed by atoms with E-state index >= 15 is 0 Å². The largest absolute Gasteiger partial charge is 0.465 e. The lowest BCUT2D eigenvalue weighted by Crippen LogP contribution is -2.08. The van der Waals surface area contributed by atoms with Crippen molar-refractivity contribution in [3.63, 3.8) is 0 Å². The molecule has 0 aliphatic carbocycles. The summed E-state index contributed by atoms with van der Waals surface area (Å²) in [5.74, 6) is -2.94. The summed E-state index contributed by atoms with van der Waals surface area (Å²) in [5, 5.41) is 11.3. The predicted octanol–water partition coefficient (Wildman–Crippen LogP) is 3.46. The van der Waals surface area contributed by atoms with Crippen molar-refractivity contribution in [3.05, 3.63) is 63.5 Å². The molecule has 0 saturated heterocycles. The molecule has 0 radical (unpaired) electrons. The van der Waals surface area contributed by atoms with Crippen molar-refractivity contribution in [2.24, 2.45) is 0 Å². The molecule has 9 heteroatoms. The van der Waals surface area contributed by atoms with E-state index in [-0.39, 0.29) is 10.5 Å². The number of rotatable bonds is 5. The minimum atomic E-state index is -1.29. The second-order valence-electron chi connectivity index (χ2n) is 4.61. The lowest BCUT2D eigenvalue weighted by molar-refractivity contribution is -0.390. The SMILES string of the molecule is COC(=O)c1ccccc1Sc1ccc(C(=O)OC)c(F)c1[N+](=O)[O-]. The van der Waals surface area contributed by atoms with Gasteiger partial charge in [-0.3, -0.25) is 10.1 Å². The summed E-state index contributed by atoms with van der Waals surface area (Å²) in [7, 11) is 2.25. The molecule has 0 amide bonds. The minimum absolute atomic E-state index is 0.0634. The van der Waals surface area contributed by atoms with Crippen LogP contribution in [0.15, 0.2) is 46.2 Å². The highest BCUT2D eigenvalue weighted by atomic mass is 32.2. The first kappa shape index (κ1) is 18.4. The number of carbonyl (C=O) groups excluding carboxylic acids is 2. The van der Waals surface area contributed by atoms with Crippen molar-refractivity contribution in [3.8, 4) is 0 Å². The van der Waals surface area contributed by atoms with Crippen LogP contribution in [0.5, 0.6) is 0 Å². The number of nitro benzene ring substituents is 1. The molecule has 130 valence electrons. The van der Waals surface area contributed by atoms with Crippen LogP contribution in [0.2, 0.25) is 0 Å². The van der Waals surface area contributed by atoms with Gasteiger partial charge in [-0.2, -0.15) is 4.39 Å². The zero-order chi connectivity index (χ0) is 18.6. The molecule has 0 N–H and O–H groups in total. The van der Waals surface area contributed by atoms with Crippen molar-refractivity contribution in [1.29, 1.82) is 0 Å². The first-order valence-electron chi connectivity index (χ1n) is 6.81. The fourth-order valence-corrected chi connectivity index (χ4v) is 3.06. The quantitative estimate of drug-likeness (QED) is 0.455. The van der Waals surface area contributed by atoms with Crippen molar-refractivity contribution in [2.75, 3.05) is 14.2 Å². The number of nitro groups is 1. The van der Waals surface area contributed by atoms with E-state index in [1.54, 1.807) is 18.2 Å². The lowest BCUT2D eigenvalue weighted by atomic mass is 10.2. The van der Waals surface area contributed by atoms with Crippen molar-refractivity contribution in [1.82, 2.24) is 0 Å². The van der Waals surface area contributed by atoms with E-state index in [1.165, 1.54) is 19.2 Å². The normalized spacial score (nSPS) is 10.2. The molecule has 0 fully saturated rings. The van der Waals surface area contributed by atoms with Gasteiger partial charge in [0.05, 0.1) is 29.6 Å². The fourth-order valence-electron chi connectivity index (χ4n) is 2.02. The van der Waals surface area contributed by atoms with Gasteiger partial charge in [0.25, 0.3) is 0 Å². The smallest absolute Gasteiger partial charge is 0.341 e. The Morgan fingerprint density at radius 2 is 1.60 bits per heavy atom. The van der Waals surface area contributed by atoms with Crippen molar-refractivity contribution in [2.45, 2.75) is 9.79 Å². The standard InChI is InChI=1S/C16H12FNO6S/c1-23-15(19)9-5-3-4-6-11(9)25-12-8-7-10(16(20)24-2)13(17)14(12)18(21)22/h3-8H,1-2H3. The van der Waals surface area contributed by atoms with Gasteiger partial charge in [0.2, 0.25) is 5.82 Å². The van der Waals surface area contributed by atoms with Gasteiger partial charge >= 0.3 is 17.6 Å². The topological polar surface area (TPSA) is 95.7 Å². The van der Waals surface area contributed by atoms with Crippen LogP contribution in [0.4, 0.5) is 10.1 Å². The number of carbonyl (C=O) groups is 2. The number of benzene rings is 2. The van der Waals surface area contributed by atoms with E-state index < -0.39 is 33.9 Å². The summed E-state index contributed by atoms with van der Waals surface area (Å²) < 4.78 is 23.5. The molecule has 2 aromatic carbocycles. The highest BCUT2D eigenvalue weighted by Crippen LogP contribution is 2.39. The number of esters is 2. The van der Waals surface area contributed by atoms with Crippen LogP contribution in [-0.2, 0) is 9.47 Å². The first-order chi connectivity index (χ1) is 11.9. The summed E-state index contributed by atoms with van der Waals surface area (Å²) in [4.78, 5) is 33.9. The van der Waals surface area contributed by atoms with Crippen LogP contribution in [0, 0.1) is 15.9 Å². The average molecular weight is 365 g/mol. The van der Waals surface area contributed by atoms with Gasteiger partial charge in [-0.05, 0) is 24.3 Å². The first-order valence-corrected chi connectivity index (χ1v) is 7.62. The third-order valence-corrected chi connectivity index (χ3v) is 4.30. The Labute approximate surface area is 145 Å². The van der Waals surface area contributed by atoms with Gasteiger partial charge in [0, 0.05) is 4.90 Å². The Morgan fingerprint density at radius 3 is 2.20 bits per heavy atom. The number of ether oxygens (including phenoxy) is 2. The number of methoxy groups -OCH3 is 2. The number of nitrogens with zero attached hydrogens (tertiary/aromatic N) is 1. The third-order valence-electron chi connectivity index (χ3n) is 3.18. The molecular weight excluding hydrogens is 353 g/mol. The molecule has 0 saturated carbocycles. The summed E-state index contributed by atoms with van der Waals surface area (Å²) in [5.41, 5.74) is -1.23. The van der Waals surface area contributed by atoms with Crippen molar-refractivity contribution >= 4 is 29.4 Å². The monoisotopic (exact) mass is 365 g/mol. The highest BCUT2D eigenvalue weighted by molar-refractivity contribution is 7.99. The Morgan fingerprint density at radius 1 is 1.00 bits per heavy atom. The zero-order valence-corrected chi connectivity index (χ0v) is 14.0. The molecule has 0 aromatic heterocycles. The van der Waals surface area contributed by atoms with Crippen LogP contribution in [0.25, 0.3) is 0 Å². The van der Waals surface area contributed by atoms with E-state index in [4.69, 9.17) is 0 Å². The summed E-state index contributed by atoms with van der Waals surface area (Å²) >= 11 is 0.820. The molecule has 0 bridgehead atoms. The number of hydrogen-bond donors (Lipinski definition) is 0. The third kappa shape index (κ3) is 3.77.